The Bertz CT molecular complexity index is 724. The second-order valence-corrected chi connectivity index (χ2v) is 4.81. The third kappa shape index (κ3) is 1.48. The summed E-state index contributed by atoms with van der Waals surface area (Å²) in [6.07, 6.45) is 2.90. The Morgan fingerprint density at radius 3 is 2.61 bits per heavy atom. The highest BCUT2D eigenvalue weighted by molar-refractivity contribution is 7.82. The van der Waals surface area contributed by atoms with Crippen LogP contribution in [0.1, 0.15) is 5.56 Å². The van der Waals surface area contributed by atoms with E-state index in [1.807, 2.05) is 0 Å². The summed E-state index contributed by atoms with van der Waals surface area (Å²) in [6, 6.07) is 1.40. The van der Waals surface area contributed by atoms with Gasteiger partial charge in [0.05, 0.1) is 18.1 Å². The summed E-state index contributed by atoms with van der Waals surface area (Å²) in [5.74, 6) is 0.220. The van der Waals surface area contributed by atoms with Crippen LogP contribution in [0.5, 0.6) is 11.5 Å². The number of nitrogen functional groups attached to an aromatic ring is 1. The minimum atomic E-state index is -4.11. The second-order valence-electron chi connectivity index (χ2n) is 3.66. The Kier molecular flexibility index (Phi) is 2.02. The number of fused-ring (bicyclic) bond motifs is 2. The lowest BCUT2D eigenvalue weighted by Crippen LogP contribution is -2.24. The molecule has 0 radical (unpaired) electrons. The highest BCUT2D eigenvalue weighted by Crippen LogP contribution is 2.42. The van der Waals surface area contributed by atoms with Crippen molar-refractivity contribution in [1.29, 1.82) is 0 Å². The monoisotopic (exact) mass is 268 g/mol. The Labute approximate surface area is 102 Å². The van der Waals surface area contributed by atoms with Crippen LogP contribution in [-0.2, 0) is 10.4 Å². The van der Waals surface area contributed by atoms with Crippen LogP contribution in [0.4, 0.5) is 5.69 Å². The van der Waals surface area contributed by atoms with Crippen LogP contribution >= 0.6 is 0 Å². The van der Waals surface area contributed by atoms with Gasteiger partial charge in [0.15, 0.2) is 17.2 Å². The number of aromatic nitrogens is 3. The molecule has 0 spiro atoms. The van der Waals surface area contributed by atoms with Gasteiger partial charge in [-0.15, -0.1) is 13.2 Å². The van der Waals surface area contributed by atoms with Crippen LogP contribution < -0.4 is 14.1 Å². The first kappa shape index (κ1) is 10.8. The second kappa shape index (κ2) is 3.35. The van der Waals surface area contributed by atoms with Crippen LogP contribution in [0.15, 0.2) is 18.5 Å². The lowest BCUT2D eigenvalue weighted by atomic mass is 10.1. The molecule has 9 heteroatoms. The quantitative estimate of drug-likeness (QED) is 0.734. The molecule has 1 aromatic heterocycles. The standard InChI is InChI=1S/C9H8N4O4S/c1-5-7-4-6(10)8(13-11-2-3-12-13)9(5)17-18(14,15)16-7/h2-4H,10H2,1H3. The van der Waals surface area contributed by atoms with Gasteiger partial charge in [-0.3, -0.25) is 0 Å². The minimum absolute atomic E-state index is 0.0763. The molecule has 2 N–H and O–H groups in total. The zero-order valence-electron chi connectivity index (χ0n) is 9.19. The lowest BCUT2D eigenvalue weighted by Gasteiger charge is -2.21. The molecule has 0 aliphatic carbocycles. The van der Waals surface area contributed by atoms with Gasteiger partial charge in [-0.25, -0.2) is 0 Å². The molecule has 0 unspecified atom stereocenters. The van der Waals surface area contributed by atoms with Crippen LogP contribution in [0.3, 0.4) is 0 Å². The Morgan fingerprint density at radius 1 is 1.28 bits per heavy atom. The van der Waals surface area contributed by atoms with Gasteiger partial charge in [0.2, 0.25) is 0 Å². The summed E-state index contributed by atoms with van der Waals surface area (Å²) in [4.78, 5) is 1.20. The fourth-order valence-corrected chi connectivity index (χ4v) is 2.53. The molecule has 8 nitrogen and oxygen atoms in total. The molecule has 3 rings (SSSR count). The predicted octanol–water partition coefficient (Wildman–Crippen LogP) is 0.174. The number of benzene rings is 1. The van der Waals surface area contributed by atoms with E-state index in [1.54, 1.807) is 6.92 Å². The average molecular weight is 268 g/mol. The molecule has 2 bridgehead atoms. The van der Waals surface area contributed by atoms with E-state index in [4.69, 9.17) is 9.92 Å². The number of hydrogen-bond acceptors (Lipinski definition) is 7. The first-order valence-corrected chi connectivity index (χ1v) is 6.25. The first-order chi connectivity index (χ1) is 8.48. The zero-order valence-corrected chi connectivity index (χ0v) is 10.0. The van der Waals surface area contributed by atoms with E-state index in [1.165, 1.54) is 23.3 Å². The van der Waals surface area contributed by atoms with Gasteiger partial charge in [-0.1, -0.05) is 0 Å². The maximum atomic E-state index is 11.4. The summed E-state index contributed by atoms with van der Waals surface area (Å²) in [5.41, 5.74) is 6.88. The highest BCUT2D eigenvalue weighted by atomic mass is 32.3. The van der Waals surface area contributed by atoms with Gasteiger partial charge in [0.1, 0.15) is 0 Å². The number of rotatable bonds is 1. The summed E-state index contributed by atoms with van der Waals surface area (Å²) >= 11 is 0. The van der Waals surface area contributed by atoms with Gasteiger partial charge in [-0.2, -0.15) is 10.2 Å². The topological polar surface area (TPSA) is 109 Å². The molecule has 0 saturated heterocycles. The van der Waals surface area contributed by atoms with Crippen LogP contribution in [0.25, 0.3) is 5.69 Å². The van der Waals surface area contributed by atoms with E-state index in [9.17, 15) is 8.42 Å². The molecule has 94 valence electrons. The fraction of sp³-hybridized carbons (Fsp3) is 0.111. The Balaban J connectivity index is 2.33. The Hall–Kier alpha value is -2.29. The molecule has 2 aromatic rings. The Morgan fingerprint density at radius 2 is 1.94 bits per heavy atom. The van der Waals surface area contributed by atoms with E-state index < -0.39 is 10.4 Å². The van der Waals surface area contributed by atoms with Crippen LogP contribution in [0.2, 0.25) is 0 Å². The molecule has 0 atom stereocenters. The van der Waals surface area contributed by atoms with Crippen molar-refractivity contribution < 1.29 is 16.8 Å². The first-order valence-electron chi connectivity index (χ1n) is 4.91. The molecule has 1 aromatic carbocycles. The fourth-order valence-electron chi connectivity index (χ4n) is 1.69. The van der Waals surface area contributed by atoms with Gasteiger partial charge in [-0.05, 0) is 6.92 Å². The summed E-state index contributed by atoms with van der Waals surface area (Å²) in [7, 11) is -4.11. The molecule has 0 saturated carbocycles. The van der Waals surface area contributed by atoms with Gasteiger partial charge < -0.3 is 14.1 Å². The third-order valence-corrected chi connectivity index (χ3v) is 3.24. The van der Waals surface area contributed by atoms with E-state index in [0.717, 1.165) is 0 Å². The number of hydrogen-bond donors (Lipinski definition) is 1. The molecule has 0 fully saturated rings. The molecule has 2 heterocycles. The number of nitrogens with zero attached hydrogens (tertiary/aromatic N) is 3. The molecule has 0 amide bonds. The maximum absolute atomic E-state index is 11.4. The zero-order chi connectivity index (χ0) is 12.9. The summed E-state index contributed by atoms with van der Waals surface area (Å²) in [5, 5.41) is 7.82. The van der Waals surface area contributed by atoms with Crippen molar-refractivity contribution in [2.24, 2.45) is 0 Å². The highest BCUT2D eigenvalue weighted by Gasteiger charge is 2.31. The maximum Gasteiger partial charge on any atom is 0.501 e. The normalized spacial score (nSPS) is 15.8. The summed E-state index contributed by atoms with van der Waals surface area (Å²) < 4.78 is 32.3. The number of anilines is 1. The summed E-state index contributed by atoms with van der Waals surface area (Å²) in [6.45, 7) is 1.66. The van der Waals surface area contributed by atoms with E-state index in [2.05, 4.69) is 14.4 Å². The molecule has 18 heavy (non-hydrogen) atoms. The minimum Gasteiger partial charge on any atom is -0.397 e. The number of nitrogens with two attached hydrogens (primary N) is 1. The van der Waals surface area contributed by atoms with E-state index >= 15 is 0 Å². The van der Waals surface area contributed by atoms with Crippen LogP contribution in [-0.4, -0.2) is 23.4 Å². The molecular formula is C9H8N4O4S. The van der Waals surface area contributed by atoms with Gasteiger partial charge in [0.25, 0.3) is 0 Å². The van der Waals surface area contributed by atoms with Crippen LogP contribution in [0, 0.1) is 6.92 Å². The van der Waals surface area contributed by atoms with Crippen molar-refractivity contribution in [2.75, 3.05) is 5.73 Å². The molecular weight excluding hydrogens is 260 g/mol. The predicted molar refractivity (Wildman–Crippen MR) is 60.7 cm³/mol. The van der Waals surface area contributed by atoms with Crippen molar-refractivity contribution >= 4 is 16.1 Å². The average Bonchev–Trinajstić information content (AvgIpc) is 2.75. The molecule has 1 aliphatic rings. The largest absolute Gasteiger partial charge is 0.501 e. The third-order valence-electron chi connectivity index (χ3n) is 2.48. The van der Waals surface area contributed by atoms with Crippen molar-refractivity contribution in [2.45, 2.75) is 6.92 Å². The lowest BCUT2D eigenvalue weighted by molar-refractivity contribution is 0.373. The van der Waals surface area contributed by atoms with Gasteiger partial charge in [0, 0.05) is 11.6 Å². The molecule has 1 aliphatic heterocycles. The van der Waals surface area contributed by atoms with E-state index in [0.29, 0.717) is 5.56 Å². The smallest absolute Gasteiger partial charge is 0.397 e. The van der Waals surface area contributed by atoms with E-state index in [-0.39, 0.29) is 22.9 Å². The SMILES string of the molecule is Cc1c2cc(N)c(-n3nccn3)c1OS(=O)(=O)O2. The van der Waals surface area contributed by atoms with Gasteiger partial charge >= 0.3 is 10.4 Å². The van der Waals surface area contributed by atoms with Crippen molar-refractivity contribution in [3.63, 3.8) is 0 Å². The van der Waals surface area contributed by atoms with Crippen molar-refractivity contribution in [1.82, 2.24) is 15.0 Å². The van der Waals surface area contributed by atoms with Crippen molar-refractivity contribution in [3.05, 3.63) is 24.0 Å². The van der Waals surface area contributed by atoms with Crippen molar-refractivity contribution in [3.8, 4) is 17.2 Å².